The molecule has 2 aliphatic rings. The van der Waals surface area contributed by atoms with Gasteiger partial charge in [-0.05, 0) is 43.4 Å². The zero-order chi connectivity index (χ0) is 23.8. The van der Waals surface area contributed by atoms with Crippen LogP contribution in [0.1, 0.15) is 41.3 Å². The van der Waals surface area contributed by atoms with Crippen LogP contribution in [0.4, 0.5) is 18.9 Å². The molecule has 1 aromatic heterocycles. The lowest BCUT2D eigenvalue weighted by molar-refractivity contribution is -0.137. The van der Waals surface area contributed by atoms with Gasteiger partial charge in [0.2, 0.25) is 0 Å². The first-order valence-corrected chi connectivity index (χ1v) is 11.0. The molecule has 1 aromatic carbocycles. The molecular formula is C23H26F3N5O2. The predicted molar refractivity (Wildman–Crippen MR) is 114 cm³/mol. The van der Waals surface area contributed by atoms with E-state index in [9.17, 15) is 23.1 Å². The summed E-state index contributed by atoms with van der Waals surface area (Å²) in [6.45, 7) is 4.52. The third kappa shape index (κ3) is 4.29. The minimum Gasteiger partial charge on any atom is -0.396 e. The maximum absolute atomic E-state index is 13.4. The highest BCUT2D eigenvalue weighted by molar-refractivity contribution is 5.94. The molecule has 2 aliphatic heterocycles. The average Bonchev–Trinajstić information content (AvgIpc) is 3.43. The molecule has 1 atom stereocenters. The third-order valence-corrected chi connectivity index (χ3v) is 7.08. The number of carbonyl (C=O) groups is 1. The minimum absolute atomic E-state index is 0.0485. The number of benzene rings is 1. The maximum Gasteiger partial charge on any atom is 0.417 e. The van der Waals surface area contributed by atoms with Gasteiger partial charge >= 0.3 is 6.18 Å². The number of amides is 1. The van der Waals surface area contributed by atoms with Crippen LogP contribution < -0.4 is 4.90 Å². The SMILES string of the molecule is CCn1cc(C(=O)N2CC(CO)C3(CCN(c4ccc(C#N)c(C(F)(F)F)c4)CC3)C2)cn1. The number of hydrogen-bond donors (Lipinski definition) is 1. The molecule has 3 heterocycles. The van der Waals surface area contributed by atoms with E-state index in [4.69, 9.17) is 5.26 Å². The zero-order valence-corrected chi connectivity index (χ0v) is 18.3. The minimum atomic E-state index is -4.60. The number of nitriles is 1. The van der Waals surface area contributed by atoms with Gasteiger partial charge in [0.15, 0.2) is 0 Å². The quantitative estimate of drug-likeness (QED) is 0.756. The maximum atomic E-state index is 13.4. The van der Waals surface area contributed by atoms with Crippen molar-refractivity contribution in [2.45, 2.75) is 32.5 Å². The largest absolute Gasteiger partial charge is 0.417 e. The molecule has 0 saturated carbocycles. The van der Waals surface area contributed by atoms with E-state index in [1.807, 2.05) is 11.8 Å². The van der Waals surface area contributed by atoms with E-state index in [1.165, 1.54) is 6.07 Å². The van der Waals surface area contributed by atoms with Crippen molar-refractivity contribution in [2.24, 2.45) is 11.3 Å². The molecule has 33 heavy (non-hydrogen) atoms. The van der Waals surface area contributed by atoms with Crippen LogP contribution in [0.2, 0.25) is 0 Å². The number of nitrogens with zero attached hydrogens (tertiary/aromatic N) is 5. The van der Waals surface area contributed by atoms with Gasteiger partial charge in [-0.2, -0.15) is 23.5 Å². The Morgan fingerprint density at radius 1 is 1.33 bits per heavy atom. The Morgan fingerprint density at radius 2 is 2.06 bits per heavy atom. The van der Waals surface area contributed by atoms with E-state index in [1.54, 1.807) is 34.1 Å². The van der Waals surface area contributed by atoms with E-state index in [0.29, 0.717) is 56.8 Å². The molecule has 0 aliphatic carbocycles. The van der Waals surface area contributed by atoms with Crippen LogP contribution in [0.5, 0.6) is 0 Å². The highest BCUT2D eigenvalue weighted by atomic mass is 19.4. The fourth-order valence-corrected chi connectivity index (χ4v) is 5.11. The second-order valence-electron chi connectivity index (χ2n) is 8.84. The van der Waals surface area contributed by atoms with E-state index in [0.717, 1.165) is 6.07 Å². The summed E-state index contributed by atoms with van der Waals surface area (Å²) < 4.78 is 41.8. The van der Waals surface area contributed by atoms with Crippen molar-refractivity contribution in [2.75, 3.05) is 37.7 Å². The van der Waals surface area contributed by atoms with Crippen molar-refractivity contribution in [1.29, 1.82) is 5.26 Å². The van der Waals surface area contributed by atoms with Gasteiger partial charge in [-0.1, -0.05) is 0 Å². The van der Waals surface area contributed by atoms with Crippen LogP contribution in [0.3, 0.4) is 0 Å². The number of anilines is 1. The van der Waals surface area contributed by atoms with Crippen LogP contribution in [-0.4, -0.2) is 58.5 Å². The molecule has 4 rings (SSSR count). The Bertz CT molecular complexity index is 1070. The number of likely N-dealkylation sites (tertiary alicyclic amines) is 1. The topological polar surface area (TPSA) is 85.4 Å². The predicted octanol–water partition coefficient (Wildman–Crippen LogP) is 3.14. The lowest BCUT2D eigenvalue weighted by Gasteiger charge is -2.43. The normalized spacial score (nSPS) is 20.3. The standard InChI is InChI=1S/C23H26F3N5O2/c1-2-31-12-17(11-28-31)21(33)30-13-18(14-32)22(15-30)5-7-29(8-6-22)19-4-3-16(10-27)20(9-19)23(24,25)26/h3-4,9,11-12,18,32H,2,5-8,13-15H2,1H3. The molecule has 1 unspecified atom stereocenters. The molecule has 0 bridgehead atoms. The number of rotatable bonds is 4. The molecule has 10 heteroatoms. The Morgan fingerprint density at radius 3 is 2.64 bits per heavy atom. The highest BCUT2D eigenvalue weighted by Crippen LogP contribution is 2.46. The number of aryl methyl sites for hydroxylation is 1. The van der Waals surface area contributed by atoms with Gasteiger partial charge in [-0.3, -0.25) is 9.48 Å². The van der Waals surface area contributed by atoms with Gasteiger partial charge in [0.25, 0.3) is 5.91 Å². The first kappa shape index (κ1) is 23.1. The summed E-state index contributed by atoms with van der Waals surface area (Å²) in [6, 6.07) is 5.41. The lowest BCUT2D eigenvalue weighted by Crippen LogP contribution is -2.45. The summed E-state index contributed by atoms with van der Waals surface area (Å²) in [5.41, 5.74) is -0.659. The van der Waals surface area contributed by atoms with Gasteiger partial charge in [0, 0.05) is 57.1 Å². The molecule has 2 aromatic rings. The van der Waals surface area contributed by atoms with Gasteiger partial charge in [0.1, 0.15) is 0 Å². The highest BCUT2D eigenvalue weighted by Gasteiger charge is 2.49. The summed E-state index contributed by atoms with van der Waals surface area (Å²) in [6.07, 6.45) is -0.0311. The zero-order valence-electron chi connectivity index (χ0n) is 18.3. The molecule has 176 valence electrons. The monoisotopic (exact) mass is 461 g/mol. The number of aliphatic hydroxyl groups excluding tert-OH is 1. The van der Waals surface area contributed by atoms with Crippen LogP contribution in [0, 0.1) is 22.7 Å². The molecule has 2 saturated heterocycles. The van der Waals surface area contributed by atoms with Crippen LogP contribution in [0.25, 0.3) is 0 Å². The number of halogens is 3. The van der Waals surface area contributed by atoms with Gasteiger partial charge in [0.05, 0.1) is 29.0 Å². The molecule has 7 nitrogen and oxygen atoms in total. The average molecular weight is 461 g/mol. The van der Waals surface area contributed by atoms with Crippen molar-refractivity contribution in [1.82, 2.24) is 14.7 Å². The van der Waals surface area contributed by atoms with E-state index in [2.05, 4.69) is 5.10 Å². The Balaban J connectivity index is 1.49. The molecule has 1 amide bonds. The van der Waals surface area contributed by atoms with Crippen molar-refractivity contribution in [3.63, 3.8) is 0 Å². The molecule has 1 N–H and O–H groups in total. The number of alkyl halides is 3. The third-order valence-electron chi connectivity index (χ3n) is 7.08. The summed E-state index contributed by atoms with van der Waals surface area (Å²) >= 11 is 0. The fraction of sp³-hybridized carbons (Fsp3) is 0.522. The molecular weight excluding hydrogens is 435 g/mol. The molecule has 0 radical (unpaired) electrons. The van der Waals surface area contributed by atoms with Crippen LogP contribution in [0.15, 0.2) is 30.6 Å². The number of aliphatic hydroxyl groups is 1. The van der Waals surface area contributed by atoms with Crippen molar-refractivity contribution in [3.05, 3.63) is 47.3 Å². The lowest BCUT2D eigenvalue weighted by atomic mass is 9.71. The van der Waals surface area contributed by atoms with Crippen molar-refractivity contribution in [3.8, 4) is 6.07 Å². The first-order valence-electron chi connectivity index (χ1n) is 11.0. The van der Waals surface area contributed by atoms with Gasteiger partial charge in [-0.25, -0.2) is 0 Å². The molecule has 1 spiro atoms. The van der Waals surface area contributed by atoms with Crippen molar-refractivity contribution >= 4 is 11.6 Å². The summed E-state index contributed by atoms with van der Waals surface area (Å²) in [7, 11) is 0. The smallest absolute Gasteiger partial charge is 0.396 e. The van der Waals surface area contributed by atoms with Crippen LogP contribution >= 0.6 is 0 Å². The Labute approximate surface area is 190 Å². The second kappa shape index (κ2) is 8.71. The van der Waals surface area contributed by atoms with E-state index >= 15 is 0 Å². The first-order chi connectivity index (χ1) is 15.7. The molecule has 2 fully saturated rings. The number of aromatic nitrogens is 2. The number of carbonyl (C=O) groups excluding carboxylic acids is 1. The Kier molecular flexibility index (Phi) is 6.10. The van der Waals surface area contributed by atoms with Gasteiger partial charge in [-0.15, -0.1) is 0 Å². The summed E-state index contributed by atoms with van der Waals surface area (Å²) in [4.78, 5) is 16.6. The number of piperidine rings is 1. The van der Waals surface area contributed by atoms with E-state index < -0.39 is 17.3 Å². The van der Waals surface area contributed by atoms with E-state index in [-0.39, 0.29) is 23.8 Å². The second-order valence-corrected chi connectivity index (χ2v) is 8.84. The Hall–Kier alpha value is -3.06. The fourth-order valence-electron chi connectivity index (χ4n) is 5.11. The summed E-state index contributed by atoms with van der Waals surface area (Å²) in [5.74, 6) is -0.203. The van der Waals surface area contributed by atoms with Crippen molar-refractivity contribution < 1.29 is 23.1 Å². The van der Waals surface area contributed by atoms with Gasteiger partial charge < -0.3 is 14.9 Å². The van der Waals surface area contributed by atoms with Crippen LogP contribution in [-0.2, 0) is 12.7 Å². The summed E-state index contributed by atoms with van der Waals surface area (Å²) in [5, 5.41) is 23.2. The number of hydrogen-bond acceptors (Lipinski definition) is 5.